The molecule has 1 saturated carbocycles. The van der Waals surface area contributed by atoms with Crippen molar-refractivity contribution in [1.29, 1.82) is 0 Å². The Labute approximate surface area is 223 Å². The molecule has 190 valence electrons. The van der Waals surface area contributed by atoms with E-state index in [4.69, 9.17) is 11.5 Å². The first kappa shape index (κ1) is 24.7. The fourth-order valence-electron chi connectivity index (χ4n) is 4.42. The Morgan fingerprint density at radius 3 is 2.49 bits per heavy atom. The molecule has 2 aromatic heterocycles. The summed E-state index contributed by atoms with van der Waals surface area (Å²) in [5.41, 5.74) is 10.7. The Morgan fingerprint density at radius 2 is 1.84 bits per heavy atom. The Bertz CT molecular complexity index is 1800. The van der Waals surface area contributed by atoms with Crippen LogP contribution in [0.5, 0.6) is 0 Å². The second-order valence-electron chi connectivity index (χ2n) is 8.89. The number of guanidine groups is 1. The molecule has 1 fully saturated rings. The molecule has 37 heavy (non-hydrogen) atoms. The van der Waals surface area contributed by atoms with Crippen LogP contribution in [-0.4, -0.2) is 19.7 Å². The summed E-state index contributed by atoms with van der Waals surface area (Å²) in [6.07, 6.45) is 1.35. The van der Waals surface area contributed by atoms with Gasteiger partial charge in [-0.15, -0.1) is 0 Å². The van der Waals surface area contributed by atoms with Crippen molar-refractivity contribution in [2.45, 2.75) is 25.8 Å². The van der Waals surface area contributed by atoms with Crippen molar-refractivity contribution in [3.63, 3.8) is 0 Å². The molecule has 0 saturated heterocycles. The molecule has 0 radical (unpaired) electrons. The van der Waals surface area contributed by atoms with Gasteiger partial charge in [-0.05, 0) is 78.8 Å². The van der Waals surface area contributed by atoms with Gasteiger partial charge in [0.25, 0.3) is 11.1 Å². The largest absolute Gasteiger partial charge is 0.370 e. The summed E-state index contributed by atoms with van der Waals surface area (Å²) >= 11 is 1.99. The maximum atomic E-state index is 14.8. The van der Waals surface area contributed by atoms with Gasteiger partial charge in [-0.1, -0.05) is 6.07 Å². The highest BCUT2D eigenvalue weighted by molar-refractivity contribution is 14.1. The molecule has 0 amide bonds. The lowest BCUT2D eigenvalue weighted by Crippen LogP contribution is -2.41. The number of aromatic nitrogens is 3. The van der Waals surface area contributed by atoms with Crippen molar-refractivity contribution in [2.24, 2.45) is 23.5 Å². The Morgan fingerprint density at radius 1 is 1.11 bits per heavy atom. The molecule has 5 rings (SSSR count). The van der Waals surface area contributed by atoms with Gasteiger partial charge in [-0.3, -0.25) is 23.3 Å². The van der Waals surface area contributed by atoms with E-state index < -0.39 is 22.6 Å². The van der Waals surface area contributed by atoms with Crippen LogP contribution < -0.4 is 33.6 Å². The lowest BCUT2D eigenvalue weighted by atomic mass is 10.1. The standard InChI is InChI=1S/C25H23FIN7O3/c1-12-20-19(21(32(2)22(12)35)31-18-9-6-13(27)10-17(18)26)23(36)34(15-7-8-15)25(37)33(20)16-5-3-4-14(11-16)30-24(28)29/h3-6,9-11,15,31H,7-8H2,1-2H3,(H4,28,29,30). The highest BCUT2D eigenvalue weighted by Crippen LogP contribution is 2.34. The normalized spacial score (nSPS) is 13.1. The number of benzene rings is 2. The molecule has 0 bridgehead atoms. The fraction of sp³-hybridized carbons (Fsp3) is 0.200. The van der Waals surface area contributed by atoms with E-state index >= 15 is 0 Å². The van der Waals surface area contributed by atoms with Crippen LogP contribution in [0.4, 0.5) is 21.6 Å². The van der Waals surface area contributed by atoms with E-state index in [1.165, 1.54) is 32.9 Å². The molecule has 0 spiro atoms. The van der Waals surface area contributed by atoms with E-state index in [0.29, 0.717) is 27.8 Å². The number of aryl methyl sites for hydroxylation is 1. The summed E-state index contributed by atoms with van der Waals surface area (Å²) in [6.45, 7) is 1.55. The van der Waals surface area contributed by atoms with Gasteiger partial charge < -0.3 is 16.8 Å². The Hall–Kier alpha value is -3.94. The van der Waals surface area contributed by atoms with Crippen molar-refractivity contribution in [3.8, 4) is 5.69 Å². The first-order valence-electron chi connectivity index (χ1n) is 11.4. The van der Waals surface area contributed by atoms with Crippen molar-refractivity contribution >= 4 is 56.6 Å². The van der Waals surface area contributed by atoms with Gasteiger partial charge in [0.2, 0.25) is 0 Å². The average molecular weight is 615 g/mol. The summed E-state index contributed by atoms with van der Waals surface area (Å²) in [7, 11) is 1.50. The first-order valence-corrected chi connectivity index (χ1v) is 12.5. The third kappa shape index (κ3) is 4.30. The zero-order chi connectivity index (χ0) is 26.6. The van der Waals surface area contributed by atoms with E-state index in [0.717, 1.165) is 0 Å². The van der Waals surface area contributed by atoms with Crippen LogP contribution >= 0.6 is 22.6 Å². The topological polar surface area (TPSA) is 142 Å². The van der Waals surface area contributed by atoms with Crippen LogP contribution in [0, 0.1) is 16.3 Å². The first-order chi connectivity index (χ1) is 17.6. The summed E-state index contributed by atoms with van der Waals surface area (Å²) in [6, 6.07) is 10.9. The summed E-state index contributed by atoms with van der Waals surface area (Å²) in [5.74, 6) is -0.624. The van der Waals surface area contributed by atoms with Gasteiger partial charge in [0.05, 0.1) is 22.6 Å². The van der Waals surface area contributed by atoms with Crippen LogP contribution in [0.3, 0.4) is 0 Å². The van der Waals surface area contributed by atoms with Gasteiger partial charge in [-0.25, -0.2) is 14.2 Å². The van der Waals surface area contributed by atoms with Crippen molar-refractivity contribution < 1.29 is 4.39 Å². The number of nitrogens with one attached hydrogen (secondary N) is 1. The van der Waals surface area contributed by atoms with Gasteiger partial charge in [0, 0.05) is 22.2 Å². The second-order valence-corrected chi connectivity index (χ2v) is 10.1. The van der Waals surface area contributed by atoms with E-state index in [1.54, 1.807) is 37.3 Å². The molecule has 0 atom stereocenters. The van der Waals surface area contributed by atoms with Crippen LogP contribution in [0.15, 0.2) is 61.8 Å². The third-order valence-electron chi connectivity index (χ3n) is 6.29. The maximum Gasteiger partial charge on any atom is 0.336 e. The van der Waals surface area contributed by atoms with Crippen LogP contribution in [0.2, 0.25) is 0 Å². The van der Waals surface area contributed by atoms with Crippen LogP contribution in [0.25, 0.3) is 16.6 Å². The molecule has 2 heterocycles. The highest BCUT2D eigenvalue weighted by atomic mass is 127. The summed E-state index contributed by atoms with van der Waals surface area (Å²) in [5, 5.41) is 3.04. The molecule has 1 aliphatic rings. The van der Waals surface area contributed by atoms with Gasteiger partial charge in [-0.2, -0.15) is 0 Å². The van der Waals surface area contributed by atoms with E-state index in [1.807, 2.05) is 22.6 Å². The molecule has 10 nitrogen and oxygen atoms in total. The Balaban J connectivity index is 1.92. The maximum absolute atomic E-state index is 14.8. The predicted molar refractivity (Wildman–Crippen MR) is 150 cm³/mol. The molecule has 5 N–H and O–H groups in total. The van der Waals surface area contributed by atoms with Gasteiger partial charge in [0.1, 0.15) is 17.0 Å². The number of halogens is 2. The number of aliphatic imine (C=N–C) groups is 1. The lowest BCUT2D eigenvalue weighted by Gasteiger charge is -2.20. The quantitative estimate of drug-likeness (QED) is 0.179. The molecular formula is C25H23FIN7O3. The third-order valence-corrected chi connectivity index (χ3v) is 6.96. The van der Waals surface area contributed by atoms with Crippen LogP contribution in [0.1, 0.15) is 24.4 Å². The highest BCUT2D eigenvalue weighted by Gasteiger charge is 2.31. The number of hydrogen-bond acceptors (Lipinski definition) is 5. The molecule has 2 aromatic carbocycles. The van der Waals surface area contributed by atoms with Crippen molar-refractivity contribution in [2.75, 3.05) is 5.32 Å². The fourth-order valence-corrected chi connectivity index (χ4v) is 4.88. The minimum atomic E-state index is -0.579. The summed E-state index contributed by atoms with van der Waals surface area (Å²) in [4.78, 5) is 45.0. The zero-order valence-electron chi connectivity index (χ0n) is 20.0. The number of nitrogens with two attached hydrogens (primary N) is 2. The SMILES string of the molecule is Cc1c(=O)n(C)c(Nc2ccc(I)cc2F)c2c(=O)n(C3CC3)c(=O)n(-c3cccc(N=C(N)N)c3)c12. The zero-order valence-corrected chi connectivity index (χ0v) is 22.1. The van der Waals surface area contributed by atoms with E-state index in [2.05, 4.69) is 10.3 Å². The minimum Gasteiger partial charge on any atom is -0.370 e. The van der Waals surface area contributed by atoms with E-state index in [-0.39, 0.29) is 40.0 Å². The molecule has 1 aliphatic carbocycles. The number of fused-ring (bicyclic) bond motifs is 1. The average Bonchev–Trinajstić information content (AvgIpc) is 3.67. The second kappa shape index (κ2) is 9.18. The molecule has 4 aromatic rings. The molecule has 0 unspecified atom stereocenters. The van der Waals surface area contributed by atoms with Crippen molar-refractivity contribution in [1.82, 2.24) is 13.7 Å². The number of hydrogen-bond donors (Lipinski definition) is 3. The minimum absolute atomic E-state index is 0.0826. The number of nitrogens with zero attached hydrogens (tertiary/aromatic N) is 4. The number of pyridine rings is 1. The molecule has 0 aliphatic heterocycles. The number of anilines is 2. The number of rotatable bonds is 5. The van der Waals surface area contributed by atoms with Crippen molar-refractivity contribution in [3.05, 3.63) is 88.6 Å². The van der Waals surface area contributed by atoms with Crippen LogP contribution in [-0.2, 0) is 7.05 Å². The molecular weight excluding hydrogens is 592 g/mol. The smallest absolute Gasteiger partial charge is 0.336 e. The monoisotopic (exact) mass is 615 g/mol. The predicted octanol–water partition coefficient (Wildman–Crippen LogP) is 2.89. The Kier molecular flexibility index (Phi) is 6.14. The van der Waals surface area contributed by atoms with E-state index in [9.17, 15) is 18.8 Å². The molecule has 12 heteroatoms. The summed E-state index contributed by atoms with van der Waals surface area (Å²) < 4.78 is 19.3. The van der Waals surface area contributed by atoms with Gasteiger partial charge >= 0.3 is 5.69 Å². The van der Waals surface area contributed by atoms with Gasteiger partial charge in [0.15, 0.2) is 5.96 Å². The lowest BCUT2D eigenvalue weighted by molar-refractivity contribution is 0.630.